The number of aliphatic carboxylic acids is 1. The van der Waals surface area contributed by atoms with Gasteiger partial charge >= 0.3 is 5.97 Å². The Morgan fingerprint density at radius 1 is 1.53 bits per heavy atom. The monoisotopic (exact) mass is 267 g/mol. The number of carbonyl (C=O) groups is 1. The lowest BCUT2D eigenvalue weighted by Crippen LogP contribution is -1.99. The third-order valence-electron chi connectivity index (χ3n) is 2.30. The quantitative estimate of drug-likeness (QED) is 0.927. The van der Waals surface area contributed by atoms with Gasteiger partial charge in [-0.3, -0.25) is 4.79 Å². The van der Waals surface area contributed by atoms with Gasteiger partial charge in [-0.2, -0.15) is 0 Å². The number of carboxylic acid groups (broad SMARTS) is 1. The van der Waals surface area contributed by atoms with Crippen molar-refractivity contribution in [3.05, 3.63) is 39.9 Å². The number of hydrogen-bond acceptors (Lipinski definition) is 3. The summed E-state index contributed by atoms with van der Waals surface area (Å²) >= 11 is 7.46. The smallest absolute Gasteiger partial charge is 0.309 e. The second-order valence-electron chi connectivity index (χ2n) is 3.68. The van der Waals surface area contributed by atoms with Crippen molar-refractivity contribution in [2.75, 3.05) is 0 Å². The van der Waals surface area contributed by atoms with Crippen LogP contribution in [-0.2, 0) is 11.2 Å². The van der Waals surface area contributed by atoms with Gasteiger partial charge < -0.3 is 5.11 Å². The summed E-state index contributed by atoms with van der Waals surface area (Å²) in [5, 5.41) is 11.9. The summed E-state index contributed by atoms with van der Waals surface area (Å²) in [6.45, 7) is 1.93. The van der Waals surface area contributed by atoms with E-state index in [4.69, 9.17) is 16.7 Å². The van der Waals surface area contributed by atoms with E-state index in [2.05, 4.69) is 4.98 Å². The fraction of sp³-hybridized carbons (Fsp3) is 0.167. The van der Waals surface area contributed by atoms with Crippen LogP contribution < -0.4 is 0 Å². The molecule has 1 heterocycles. The molecule has 0 fully saturated rings. The summed E-state index contributed by atoms with van der Waals surface area (Å²) in [6, 6.07) is 5.71. The lowest BCUT2D eigenvalue weighted by molar-refractivity contribution is -0.136. The number of halogens is 1. The zero-order valence-corrected chi connectivity index (χ0v) is 10.7. The van der Waals surface area contributed by atoms with Crippen molar-refractivity contribution < 1.29 is 9.90 Å². The Hall–Kier alpha value is -1.39. The summed E-state index contributed by atoms with van der Waals surface area (Å²) in [4.78, 5) is 14.8. The molecule has 1 aromatic heterocycles. The molecule has 17 heavy (non-hydrogen) atoms. The van der Waals surface area contributed by atoms with Gasteiger partial charge in [0.15, 0.2) is 0 Å². The van der Waals surface area contributed by atoms with Crippen LogP contribution in [0.1, 0.15) is 11.3 Å². The minimum atomic E-state index is -0.871. The van der Waals surface area contributed by atoms with Crippen LogP contribution in [0.15, 0.2) is 23.6 Å². The van der Waals surface area contributed by atoms with E-state index in [-0.39, 0.29) is 6.42 Å². The maximum absolute atomic E-state index is 10.6. The van der Waals surface area contributed by atoms with E-state index in [9.17, 15) is 4.79 Å². The van der Waals surface area contributed by atoms with Crippen LogP contribution in [0.25, 0.3) is 10.6 Å². The highest BCUT2D eigenvalue weighted by atomic mass is 35.5. The molecule has 2 rings (SSSR count). The van der Waals surface area contributed by atoms with Crippen molar-refractivity contribution in [1.29, 1.82) is 0 Å². The van der Waals surface area contributed by atoms with Gasteiger partial charge in [-0.15, -0.1) is 11.3 Å². The number of nitrogens with zero attached hydrogens (tertiary/aromatic N) is 1. The number of hydrogen-bond donors (Lipinski definition) is 1. The van der Waals surface area contributed by atoms with Crippen molar-refractivity contribution >= 4 is 28.9 Å². The summed E-state index contributed by atoms with van der Waals surface area (Å²) in [6.07, 6.45) is -0.0455. The van der Waals surface area contributed by atoms with Crippen molar-refractivity contribution in [2.24, 2.45) is 0 Å². The molecule has 0 atom stereocenters. The SMILES string of the molecule is Cc1ccc(-c2nc(CC(=O)O)cs2)cc1Cl. The number of aryl methyl sites for hydroxylation is 1. The largest absolute Gasteiger partial charge is 0.481 e. The average Bonchev–Trinajstić information content (AvgIpc) is 2.69. The second-order valence-corrected chi connectivity index (χ2v) is 4.94. The van der Waals surface area contributed by atoms with Crippen LogP contribution in [0.4, 0.5) is 0 Å². The molecule has 0 radical (unpaired) electrons. The first-order chi connectivity index (χ1) is 8.06. The Bertz CT molecular complexity index is 565. The Balaban J connectivity index is 2.30. The second kappa shape index (κ2) is 4.85. The van der Waals surface area contributed by atoms with Crippen LogP contribution in [0.3, 0.4) is 0 Å². The molecule has 0 saturated heterocycles. The highest BCUT2D eigenvalue weighted by Crippen LogP contribution is 2.27. The van der Waals surface area contributed by atoms with Crippen LogP contribution in [0.2, 0.25) is 5.02 Å². The first-order valence-corrected chi connectivity index (χ1v) is 6.25. The Morgan fingerprint density at radius 2 is 2.29 bits per heavy atom. The minimum Gasteiger partial charge on any atom is -0.481 e. The van der Waals surface area contributed by atoms with Gasteiger partial charge in [0.2, 0.25) is 0 Å². The van der Waals surface area contributed by atoms with Crippen molar-refractivity contribution in [1.82, 2.24) is 4.98 Å². The normalized spacial score (nSPS) is 10.5. The standard InChI is InChI=1S/C12H10ClNO2S/c1-7-2-3-8(4-10(7)13)12-14-9(6-17-12)5-11(15)16/h2-4,6H,5H2,1H3,(H,15,16). The highest BCUT2D eigenvalue weighted by Gasteiger charge is 2.08. The molecule has 1 N–H and O–H groups in total. The Morgan fingerprint density at radius 3 is 2.94 bits per heavy atom. The van der Waals surface area contributed by atoms with E-state index in [1.807, 2.05) is 25.1 Å². The van der Waals surface area contributed by atoms with Gasteiger partial charge in [-0.05, 0) is 18.6 Å². The summed E-state index contributed by atoms with van der Waals surface area (Å²) < 4.78 is 0. The fourth-order valence-corrected chi connectivity index (χ4v) is 2.40. The molecule has 0 amide bonds. The Kier molecular flexibility index (Phi) is 3.45. The molecular weight excluding hydrogens is 258 g/mol. The van der Waals surface area contributed by atoms with Gasteiger partial charge in [-0.1, -0.05) is 23.7 Å². The molecule has 0 aliphatic heterocycles. The van der Waals surface area contributed by atoms with Gasteiger partial charge in [0, 0.05) is 16.0 Å². The van der Waals surface area contributed by atoms with E-state index < -0.39 is 5.97 Å². The zero-order valence-electron chi connectivity index (χ0n) is 9.11. The molecule has 88 valence electrons. The van der Waals surface area contributed by atoms with Crippen molar-refractivity contribution in [3.63, 3.8) is 0 Å². The molecule has 0 saturated carbocycles. The lowest BCUT2D eigenvalue weighted by atomic mass is 10.1. The number of thiazole rings is 1. The van der Waals surface area contributed by atoms with E-state index in [1.54, 1.807) is 5.38 Å². The first-order valence-electron chi connectivity index (χ1n) is 4.99. The topological polar surface area (TPSA) is 50.2 Å². The number of benzene rings is 1. The van der Waals surface area contributed by atoms with E-state index in [0.29, 0.717) is 10.7 Å². The molecule has 1 aromatic carbocycles. The molecule has 0 spiro atoms. The Labute approximate surface area is 108 Å². The lowest BCUT2D eigenvalue weighted by Gasteiger charge is -2.00. The molecule has 2 aromatic rings. The van der Waals surface area contributed by atoms with Gasteiger partial charge in [0.05, 0.1) is 12.1 Å². The van der Waals surface area contributed by atoms with Crippen LogP contribution in [0.5, 0.6) is 0 Å². The molecular formula is C12H10ClNO2S. The molecule has 0 bridgehead atoms. The number of rotatable bonds is 3. The van der Waals surface area contributed by atoms with Gasteiger partial charge in [0.25, 0.3) is 0 Å². The molecule has 0 aliphatic rings. The first kappa shape index (κ1) is 12.1. The molecule has 3 nitrogen and oxygen atoms in total. The number of carboxylic acids is 1. The summed E-state index contributed by atoms with van der Waals surface area (Å²) in [7, 11) is 0. The van der Waals surface area contributed by atoms with Crippen molar-refractivity contribution in [2.45, 2.75) is 13.3 Å². The third kappa shape index (κ3) is 2.84. The average molecular weight is 268 g/mol. The predicted octanol–water partition coefficient (Wildman–Crippen LogP) is 3.40. The van der Waals surface area contributed by atoms with E-state index in [0.717, 1.165) is 16.1 Å². The highest BCUT2D eigenvalue weighted by molar-refractivity contribution is 7.13. The maximum Gasteiger partial charge on any atom is 0.309 e. The molecule has 0 aliphatic carbocycles. The van der Waals surface area contributed by atoms with E-state index in [1.165, 1.54) is 11.3 Å². The van der Waals surface area contributed by atoms with Crippen LogP contribution in [-0.4, -0.2) is 16.1 Å². The van der Waals surface area contributed by atoms with Crippen LogP contribution in [0, 0.1) is 6.92 Å². The van der Waals surface area contributed by atoms with E-state index >= 15 is 0 Å². The summed E-state index contributed by atoms with van der Waals surface area (Å²) in [5.41, 5.74) is 2.51. The number of aromatic nitrogens is 1. The fourth-order valence-electron chi connectivity index (χ4n) is 1.40. The maximum atomic E-state index is 10.6. The van der Waals surface area contributed by atoms with Crippen molar-refractivity contribution in [3.8, 4) is 10.6 Å². The predicted molar refractivity (Wildman–Crippen MR) is 68.6 cm³/mol. The third-order valence-corrected chi connectivity index (χ3v) is 3.65. The molecule has 5 heteroatoms. The van der Waals surface area contributed by atoms with Crippen LogP contribution >= 0.6 is 22.9 Å². The zero-order chi connectivity index (χ0) is 12.4. The molecule has 0 unspecified atom stereocenters. The van der Waals surface area contributed by atoms with Gasteiger partial charge in [0.1, 0.15) is 5.01 Å². The van der Waals surface area contributed by atoms with Gasteiger partial charge in [-0.25, -0.2) is 4.98 Å². The minimum absolute atomic E-state index is 0.0455. The summed E-state index contributed by atoms with van der Waals surface area (Å²) in [5.74, 6) is -0.871.